The SMILES string of the molecule is O=Cc1ccc(OCc2ccc(C=O)o2)c(F)c1. The second kappa shape index (κ2) is 5.27. The minimum Gasteiger partial charge on any atom is -0.483 e. The van der Waals surface area contributed by atoms with Gasteiger partial charge in [0.05, 0.1) is 0 Å². The van der Waals surface area contributed by atoms with Crippen molar-refractivity contribution in [1.29, 1.82) is 0 Å². The summed E-state index contributed by atoms with van der Waals surface area (Å²) in [7, 11) is 0. The third-order valence-electron chi connectivity index (χ3n) is 2.26. The van der Waals surface area contributed by atoms with E-state index >= 15 is 0 Å². The van der Waals surface area contributed by atoms with Gasteiger partial charge in [-0.1, -0.05) is 0 Å². The Bertz CT molecular complexity index is 574. The summed E-state index contributed by atoms with van der Waals surface area (Å²) < 4.78 is 23.7. The van der Waals surface area contributed by atoms with Crippen molar-refractivity contribution in [3.05, 3.63) is 53.2 Å². The van der Waals surface area contributed by atoms with Crippen LogP contribution in [0, 0.1) is 5.82 Å². The summed E-state index contributed by atoms with van der Waals surface area (Å²) >= 11 is 0. The fraction of sp³-hybridized carbons (Fsp3) is 0.0769. The summed E-state index contributed by atoms with van der Waals surface area (Å²) in [5.41, 5.74) is 0.237. The van der Waals surface area contributed by atoms with Gasteiger partial charge in [0, 0.05) is 5.56 Å². The van der Waals surface area contributed by atoms with Crippen LogP contribution in [-0.2, 0) is 6.61 Å². The van der Waals surface area contributed by atoms with Crippen molar-refractivity contribution in [2.24, 2.45) is 0 Å². The monoisotopic (exact) mass is 248 g/mol. The van der Waals surface area contributed by atoms with Crippen LogP contribution in [0.2, 0.25) is 0 Å². The number of furan rings is 1. The second-order valence-corrected chi connectivity index (χ2v) is 3.52. The van der Waals surface area contributed by atoms with Gasteiger partial charge in [-0.15, -0.1) is 0 Å². The Morgan fingerprint density at radius 1 is 1.17 bits per heavy atom. The molecule has 0 atom stereocenters. The Morgan fingerprint density at radius 3 is 2.61 bits per heavy atom. The molecule has 1 aromatic heterocycles. The summed E-state index contributed by atoms with van der Waals surface area (Å²) in [6.07, 6.45) is 1.12. The molecular formula is C13H9FO4. The van der Waals surface area contributed by atoms with Crippen LogP contribution >= 0.6 is 0 Å². The zero-order valence-electron chi connectivity index (χ0n) is 9.26. The van der Waals surface area contributed by atoms with Crippen molar-refractivity contribution in [1.82, 2.24) is 0 Å². The van der Waals surface area contributed by atoms with E-state index in [9.17, 15) is 14.0 Å². The van der Waals surface area contributed by atoms with Crippen molar-refractivity contribution >= 4 is 12.6 Å². The van der Waals surface area contributed by atoms with Crippen molar-refractivity contribution in [3.63, 3.8) is 0 Å². The maximum atomic E-state index is 13.4. The van der Waals surface area contributed by atoms with E-state index in [1.54, 1.807) is 6.07 Å². The van der Waals surface area contributed by atoms with Crippen molar-refractivity contribution in [2.45, 2.75) is 6.61 Å². The van der Waals surface area contributed by atoms with E-state index < -0.39 is 5.82 Å². The van der Waals surface area contributed by atoms with Crippen LogP contribution in [0.5, 0.6) is 5.75 Å². The summed E-state index contributed by atoms with van der Waals surface area (Å²) in [6.45, 7) is 0.00515. The average molecular weight is 248 g/mol. The molecule has 2 rings (SSSR count). The van der Waals surface area contributed by atoms with Gasteiger partial charge in [-0.2, -0.15) is 0 Å². The fourth-order valence-corrected chi connectivity index (χ4v) is 1.39. The number of benzene rings is 1. The summed E-state index contributed by atoms with van der Waals surface area (Å²) in [5, 5.41) is 0. The van der Waals surface area contributed by atoms with Gasteiger partial charge in [0.25, 0.3) is 0 Å². The van der Waals surface area contributed by atoms with Crippen molar-refractivity contribution in [3.8, 4) is 5.75 Å². The van der Waals surface area contributed by atoms with E-state index in [0.717, 1.165) is 6.07 Å². The van der Waals surface area contributed by atoms with Crippen LogP contribution in [-0.4, -0.2) is 12.6 Å². The van der Waals surface area contributed by atoms with Gasteiger partial charge >= 0.3 is 0 Å². The van der Waals surface area contributed by atoms with E-state index in [2.05, 4.69) is 0 Å². The van der Waals surface area contributed by atoms with Crippen LogP contribution in [0.15, 0.2) is 34.7 Å². The fourth-order valence-electron chi connectivity index (χ4n) is 1.39. The minimum atomic E-state index is -0.623. The lowest BCUT2D eigenvalue weighted by Crippen LogP contribution is -1.97. The molecule has 1 heterocycles. The summed E-state index contributed by atoms with van der Waals surface area (Å²) in [6, 6.07) is 6.97. The molecule has 0 spiro atoms. The predicted molar refractivity (Wildman–Crippen MR) is 60.2 cm³/mol. The Balaban J connectivity index is 2.05. The molecule has 0 saturated heterocycles. The van der Waals surface area contributed by atoms with Crippen LogP contribution in [0.3, 0.4) is 0 Å². The summed E-state index contributed by atoms with van der Waals surface area (Å²) in [5.74, 6) is -0.00670. The number of hydrogen-bond donors (Lipinski definition) is 0. The third-order valence-corrected chi connectivity index (χ3v) is 2.26. The minimum absolute atomic E-state index is 0.00515. The second-order valence-electron chi connectivity index (χ2n) is 3.52. The molecule has 0 aliphatic carbocycles. The maximum Gasteiger partial charge on any atom is 0.185 e. The van der Waals surface area contributed by atoms with Gasteiger partial charge in [0.2, 0.25) is 0 Å². The first-order chi connectivity index (χ1) is 8.72. The molecule has 0 fully saturated rings. The van der Waals surface area contributed by atoms with Gasteiger partial charge in [-0.05, 0) is 30.3 Å². The number of rotatable bonds is 5. The number of aldehydes is 2. The van der Waals surface area contributed by atoms with Crippen LogP contribution < -0.4 is 4.74 Å². The quantitative estimate of drug-likeness (QED) is 0.763. The molecule has 0 saturated carbocycles. The topological polar surface area (TPSA) is 56.5 Å². The maximum absolute atomic E-state index is 13.4. The van der Waals surface area contributed by atoms with Crippen LogP contribution in [0.1, 0.15) is 26.7 Å². The van der Waals surface area contributed by atoms with E-state index in [0.29, 0.717) is 18.3 Å². The highest BCUT2D eigenvalue weighted by molar-refractivity contribution is 5.75. The first kappa shape index (κ1) is 12.0. The standard InChI is InChI=1S/C13H9FO4/c14-12-5-9(6-15)1-4-13(12)17-8-11-3-2-10(7-16)18-11/h1-7H,8H2. The van der Waals surface area contributed by atoms with E-state index in [4.69, 9.17) is 9.15 Å². The average Bonchev–Trinajstić information content (AvgIpc) is 2.85. The predicted octanol–water partition coefficient (Wildman–Crippen LogP) is 2.62. The van der Waals surface area contributed by atoms with E-state index in [1.165, 1.54) is 18.2 Å². The molecule has 2 aromatic rings. The largest absolute Gasteiger partial charge is 0.483 e. The molecule has 18 heavy (non-hydrogen) atoms. The first-order valence-electron chi connectivity index (χ1n) is 5.14. The highest BCUT2D eigenvalue weighted by atomic mass is 19.1. The molecular weight excluding hydrogens is 239 g/mol. The van der Waals surface area contributed by atoms with Crippen molar-refractivity contribution < 1.29 is 23.1 Å². The molecule has 1 aromatic carbocycles. The Hall–Kier alpha value is -2.43. The van der Waals surface area contributed by atoms with Crippen LogP contribution in [0.25, 0.3) is 0 Å². The first-order valence-corrected chi connectivity index (χ1v) is 5.14. The molecule has 0 aliphatic rings. The van der Waals surface area contributed by atoms with Crippen LogP contribution in [0.4, 0.5) is 4.39 Å². The lowest BCUT2D eigenvalue weighted by atomic mass is 10.2. The molecule has 0 aliphatic heterocycles. The normalized spacial score (nSPS) is 10.1. The molecule has 0 unspecified atom stereocenters. The van der Waals surface area contributed by atoms with Gasteiger partial charge in [-0.3, -0.25) is 9.59 Å². The van der Waals surface area contributed by atoms with E-state index in [-0.39, 0.29) is 23.7 Å². The highest BCUT2D eigenvalue weighted by Gasteiger charge is 2.07. The number of hydrogen-bond acceptors (Lipinski definition) is 4. The smallest absolute Gasteiger partial charge is 0.185 e. The molecule has 0 amide bonds. The Kier molecular flexibility index (Phi) is 3.52. The molecule has 5 heteroatoms. The zero-order valence-corrected chi connectivity index (χ0v) is 9.26. The Labute approximate surface area is 102 Å². The highest BCUT2D eigenvalue weighted by Crippen LogP contribution is 2.19. The van der Waals surface area contributed by atoms with Gasteiger partial charge in [-0.25, -0.2) is 4.39 Å². The molecule has 4 nitrogen and oxygen atoms in total. The number of carbonyl (C=O) groups excluding carboxylic acids is 2. The summed E-state index contributed by atoms with van der Waals surface area (Å²) in [4.78, 5) is 20.8. The lowest BCUT2D eigenvalue weighted by Gasteiger charge is -2.05. The number of ether oxygens (including phenoxy) is 1. The third kappa shape index (κ3) is 2.63. The zero-order chi connectivity index (χ0) is 13.0. The molecule has 92 valence electrons. The Morgan fingerprint density at radius 2 is 2.00 bits per heavy atom. The van der Waals surface area contributed by atoms with Gasteiger partial charge in [0.15, 0.2) is 23.6 Å². The van der Waals surface area contributed by atoms with E-state index in [1.807, 2.05) is 0 Å². The van der Waals surface area contributed by atoms with Crippen molar-refractivity contribution in [2.75, 3.05) is 0 Å². The van der Waals surface area contributed by atoms with Gasteiger partial charge in [0.1, 0.15) is 18.7 Å². The molecule has 0 bridgehead atoms. The lowest BCUT2D eigenvalue weighted by molar-refractivity contribution is 0.109. The number of carbonyl (C=O) groups is 2. The molecule has 0 N–H and O–H groups in total. The van der Waals surface area contributed by atoms with Gasteiger partial charge < -0.3 is 9.15 Å². The molecule has 0 radical (unpaired) electrons. The number of halogens is 1.